The van der Waals surface area contributed by atoms with Gasteiger partial charge >= 0.3 is 6.61 Å². The number of alkyl halides is 2. The van der Waals surface area contributed by atoms with E-state index in [0.29, 0.717) is 23.1 Å². The summed E-state index contributed by atoms with van der Waals surface area (Å²) in [4.78, 5) is 19.0. The Hall–Kier alpha value is -3.51. The van der Waals surface area contributed by atoms with Crippen molar-refractivity contribution in [3.63, 3.8) is 0 Å². The molecule has 1 aliphatic rings. The topological polar surface area (TPSA) is 77.2 Å². The molecule has 0 fully saturated rings. The molecule has 1 amide bonds. The van der Waals surface area contributed by atoms with Gasteiger partial charge in [-0.2, -0.15) is 8.78 Å². The van der Waals surface area contributed by atoms with Gasteiger partial charge in [0, 0.05) is 14.2 Å². The fourth-order valence-electron chi connectivity index (χ4n) is 3.53. The Morgan fingerprint density at radius 3 is 2.50 bits per heavy atom. The van der Waals surface area contributed by atoms with Crippen molar-refractivity contribution in [2.45, 2.75) is 25.5 Å². The molecular formula is C23H22F3N3O3. The molecule has 0 unspecified atom stereocenters. The molecule has 2 aromatic rings. The van der Waals surface area contributed by atoms with Crippen molar-refractivity contribution in [3.05, 3.63) is 64.5 Å². The van der Waals surface area contributed by atoms with Crippen LogP contribution in [0.2, 0.25) is 0 Å². The van der Waals surface area contributed by atoms with E-state index in [-0.39, 0.29) is 23.9 Å². The molecule has 1 aliphatic heterocycles. The predicted molar refractivity (Wildman–Crippen MR) is 113 cm³/mol. The second-order valence-corrected chi connectivity index (χ2v) is 7.03. The van der Waals surface area contributed by atoms with Crippen molar-refractivity contribution < 1.29 is 27.4 Å². The lowest BCUT2D eigenvalue weighted by atomic mass is 9.81. The van der Waals surface area contributed by atoms with Crippen LogP contribution in [-0.4, -0.2) is 44.1 Å². The summed E-state index contributed by atoms with van der Waals surface area (Å²) >= 11 is 0. The summed E-state index contributed by atoms with van der Waals surface area (Å²) in [5.41, 5.74) is 5.57. The first-order valence-corrected chi connectivity index (χ1v) is 9.74. The van der Waals surface area contributed by atoms with E-state index in [1.807, 2.05) is 0 Å². The zero-order valence-corrected chi connectivity index (χ0v) is 17.8. The molecule has 3 rings (SSSR count). The van der Waals surface area contributed by atoms with Crippen LogP contribution in [0.1, 0.15) is 29.2 Å². The summed E-state index contributed by atoms with van der Waals surface area (Å²) in [6.07, 6.45) is 0.367. The zero-order valence-electron chi connectivity index (χ0n) is 17.8. The van der Waals surface area contributed by atoms with Crippen LogP contribution in [0.15, 0.2) is 41.4 Å². The number of ether oxygens (including phenoxy) is 2. The van der Waals surface area contributed by atoms with E-state index in [1.165, 1.54) is 49.4 Å². The summed E-state index contributed by atoms with van der Waals surface area (Å²) in [6, 6.07) is 8.47. The number of guanidine groups is 1. The minimum Gasteiger partial charge on any atom is -0.435 e. The first-order valence-electron chi connectivity index (χ1n) is 9.74. The van der Waals surface area contributed by atoms with Gasteiger partial charge in [0.25, 0.3) is 5.91 Å². The highest BCUT2D eigenvalue weighted by Gasteiger charge is 2.50. The molecule has 1 heterocycles. The normalized spacial score (nSPS) is 17.9. The Morgan fingerprint density at radius 1 is 1.22 bits per heavy atom. The summed E-state index contributed by atoms with van der Waals surface area (Å²) in [6.45, 7) is -1.11. The van der Waals surface area contributed by atoms with Gasteiger partial charge in [-0.25, -0.2) is 9.38 Å². The van der Waals surface area contributed by atoms with E-state index >= 15 is 0 Å². The van der Waals surface area contributed by atoms with Gasteiger partial charge in [0.2, 0.25) is 0 Å². The van der Waals surface area contributed by atoms with Gasteiger partial charge in [0.1, 0.15) is 18.2 Å². The van der Waals surface area contributed by atoms with Crippen LogP contribution >= 0.6 is 0 Å². The zero-order chi connectivity index (χ0) is 23.5. The number of carbonyl (C=O) groups excluding carboxylic acids is 1. The van der Waals surface area contributed by atoms with Crippen LogP contribution in [0.5, 0.6) is 5.75 Å². The number of benzene rings is 2. The molecule has 6 nitrogen and oxygen atoms in total. The SMILES string of the molecule is CCc1cc([C@@]2(c3ccc(F)c(C#CCOC)c3)N=C(N)N(C)C2=O)ccc1OC(F)F. The second-order valence-electron chi connectivity index (χ2n) is 7.03. The Morgan fingerprint density at radius 2 is 1.91 bits per heavy atom. The fourth-order valence-corrected chi connectivity index (χ4v) is 3.53. The van der Waals surface area contributed by atoms with E-state index in [9.17, 15) is 18.0 Å². The average molecular weight is 445 g/mol. The highest BCUT2D eigenvalue weighted by molar-refractivity contribution is 6.09. The number of hydrogen-bond acceptors (Lipinski definition) is 5. The Kier molecular flexibility index (Phi) is 6.75. The lowest BCUT2D eigenvalue weighted by molar-refractivity contribution is -0.129. The molecule has 9 heteroatoms. The largest absolute Gasteiger partial charge is 0.435 e. The lowest BCUT2D eigenvalue weighted by Crippen LogP contribution is -2.41. The minimum absolute atomic E-state index is 0.00220. The van der Waals surface area contributed by atoms with Gasteiger partial charge in [-0.15, -0.1) is 0 Å². The van der Waals surface area contributed by atoms with Crippen LogP contribution in [0.3, 0.4) is 0 Å². The number of rotatable bonds is 6. The fraction of sp³-hybridized carbons (Fsp3) is 0.304. The molecule has 0 bridgehead atoms. The van der Waals surface area contributed by atoms with Crippen LogP contribution < -0.4 is 10.5 Å². The molecular weight excluding hydrogens is 423 g/mol. The quantitative estimate of drug-likeness (QED) is 0.694. The first kappa shape index (κ1) is 23.2. The minimum atomic E-state index is -2.99. The van der Waals surface area contributed by atoms with E-state index < -0.39 is 23.9 Å². The number of methoxy groups -OCH3 is 1. The third kappa shape index (κ3) is 4.14. The average Bonchev–Trinajstić information content (AvgIpc) is 3.00. The third-order valence-electron chi connectivity index (χ3n) is 5.14. The van der Waals surface area contributed by atoms with Gasteiger partial charge in [0.05, 0.1) is 5.56 Å². The van der Waals surface area contributed by atoms with Gasteiger partial charge < -0.3 is 15.2 Å². The Bertz CT molecular complexity index is 1120. The number of halogens is 3. The number of hydrogen-bond donors (Lipinski definition) is 1. The predicted octanol–water partition coefficient (Wildman–Crippen LogP) is 3.02. The number of aryl methyl sites for hydroxylation is 1. The molecule has 0 aromatic heterocycles. The number of nitrogens with two attached hydrogens (primary N) is 1. The Labute approximate surface area is 183 Å². The maximum Gasteiger partial charge on any atom is 0.387 e. The molecule has 2 N–H and O–H groups in total. The van der Waals surface area contributed by atoms with Crippen LogP contribution in [0, 0.1) is 17.7 Å². The van der Waals surface area contributed by atoms with Gasteiger partial charge in [0.15, 0.2) is 11.5 Å². The van der Waals surface area contributed by atoms with Crippen LogP contribution in [0.4, 0.5) is 13.2 Å². The molecule has 168 valence electrons. The first-order chi connectivity index (χ1) is 15.2. The number of nitrogens with zero attached hydrogens (tertiary/aromatic N) is 2. The third-order valence-corrected chi connectivity index (χ3v) is 5.14. The number of aliphatic imine (C=N–C) groups is 1. The van der Waals surface area contributed by atoms with Crippen molar-refractivity contribution in [2.24, 2.45) is 10.7 Å². The molecule has 0 spiro atoms. The highest BCUT2D eigenvalue weighted by Crippen LogP contribution is 2.41. The molecule has 0 aliphatic carbocycles. The maximum absolute atomic E-state index is 14.4. The number of carbonyl (C=O) groups is 1. The van der Waals surface area contributed by atoms with Crippen molar-refractivity contribution in [1.82, 2.24) is 4.90 Å². The van der Waals surface area contributed by atoms with Crippen molar-refractivity contribution in [3.8, 4) is 17.6 Å². The summed E-state index contributed by atoms with van der Waals surface area (Å²) in [7, 11) is 2.94. The van der Waals surface area contributed by atoms with Gasteiger partial charge in [-0.3, -0.25) is 9.69 Å². The molecule has 1 atom stereocenters. The maximum atomic E-state index is 14.4. The second kappa shape index (κ2) is 9.32. The lowest BCUT2D eigenvalue weighted by Gasteiger charge is -2.27. The molecule has 2 aromatic carbocycles. The van der Waals surface area contributed by atoms with Gasteiger partial charge in [-0.1, -0.05) is 30.9 Å². The van der Waals surface area contributed by atoms with Crippen LogP contribution in [0.25, 0.3) is 0 Å². The molecule has 0 saturated heterocycles. The summed E-state index contributed by atoms with van der Waals surface area (Å²) in [5.74, 6) is 4.29. The van der Waals surface area contributed by atoms with Gasteiger partial charge in [-0.05, 0) is 47.4 Å². The van der Waals surface area contributed by atoms with Crippen molar-refractivity contribution in [1.29, 1.82) is 0 Å². The van der Waals surface area contributed by atoms with E-state index in [2.05, 4.69) is 21.6 Å². The number of amides is 1. The molecule has 0 radical (unpaired) electrons. The molecule has 32 heavy (non-hydrogen) atoms. The standard InChI is InChI=1S/C23H22F3N3O3/c1-4-14-12-17(8-10-19(14)32-21(25)26)23(20(30)29(2)22(27)28-23)16-7-9-18(24)15(13-16)6-5-11-31-3/h7-10,12-13,21H,4,11H2,1-3H3,(H2,27,28)/t23-/m1/s1. The monoisotopic (exact) mass is 445 g/mol. The molecule has 0 saturated carbocycles. The van der Waals surface area contributed by atoms with E-state index in [1.54, 1.807) is 13.0 Å². The van der Waals surface area contributed by atoms with Crippen molar-refractivity contribution in [2.75, 3.05) is 20.8 Å². The number of likely N-dealkylation sites (N-methyl/N-ethyl adjacent to an activating group) is 1. The Balaban J connectivity index is 2.23. The summed E-state index contributed by atoms with van der Waals surface area (Å²) < 4.78 is 49.4. The van der Waals surface area contributed by atoms with Crippen molar-refractivity contribution >= 4 is 11.9 Å². The van der Waals surface area contributed by atoms with Crippen LogP contribution in [-0.2, 0) is 21.5 Å². The van der Waals surface area contributed by atoms with E-state index in [0.717, 1.165) is 0 Å². The van der Waals surface area contributed by atoms with E-state index in [4.69, 9.17) is 10.5 Å². The highest BCUT2D eigenvalue weighted by atomic mass is 19.3. The summed E-state index contributed by atoms with van der Waals surface area (Å²) in [5, 5.41) is 0. The smallest absolute Gasteiger partial charge is 0.387 e.